The number of rotatable bonds is 5. The highest BCUT2D eigenvalue weighted by Gasteiger charge is 2.22. The molecule has 0 fully saturated rings. The summed E-state index contributed by atoms with van der Waals surface area (Å²) >= 11 is 0. The number of carbonyl (C=O) groups excluding carboxylic acids is 1. The average Bonchev–Trinajstić information content (AvgIpc) is 2.61. The summed E-state index contributed by atoms with van der Waals surface area (Å²) in [7, 11) is 0. The summed E-state index contributed by atoms with van der Waals surface area (Å²) in [6, 6.07) is 7.69. The lowest BCUT2D eigenvalue weighted by Gasteiger charge is -2.19. The van der Waals surface area contributed by atoms with E-state index >= 15 is 0 Å². The molecular weight excluding hydrogens is 347 g/mol. The Hall–Kier alpha value is -3.36. The van der Waals surface area contributed by atoms with Gasteiger partial charge in [-0.2, -0.15) is 0 Å². The van der Waals surface area contributed by atoms with Gasteiger partial charge in [-0.25, -0.2) is 4.39 Å². The number of anilines is 1. The van der Waals surface area contributed by atoms with Crippen molar-refractivity contribution in [2.75, 3.05) is 18.5 Å². The van der Waals surface area contributed by atoms with Gasteiger partial charge >= 0.3 is 5.69 Å². The Morgan fingerprint density at radius 2 is 1.96 bits per heavy atom. The Morgan fingerprint density at radius 1 is 1.23 bits per heavy atom. The van der Waals surface area contributed by atoms with Gasteiger partial charge in [0.1, 0.15) is 19.0 Å². The van der Waals surface area contributed by atoms with E-state index in [4.69, 9.17) is 14.2 Å². The van der Waals surface area contributed by atoms with Crippen LogP contribution in [-0.4, -0.2) is 30.1 Å². The maximum atomic E-state index is 13.3. The molecule has 9 heteroatoms. The highest BCUT2D eigenvalue weighted by Crippen LogP contribution is 2.33. The van der Waals surface area contributed by atoms with Crippen LogP contribution in [0, 0.1) is 15.9 Å². The number of nitro groups is 1. The minimum Gasteiger partial charge on any atom is -0.486 e. The first-order chi connectivity index (χ1) is 12.4. The summed E-state index contributed by atoms with van der Waals surface area (Å²) in [4.78, 5) is 22.6. The normalized spacial score (nSPS) is 13.6. The van der Waals surface area contributed by atoms with Crippen molar-refractivity contribution in [3.8, 4) is 17.2 Å². The summed E-state index contributed by atoms with van der Waals surface area (Å²) in [6.45, 7) is 2.27. The first-order valence-electron chi connectivity index (χ1n) is 7.75. The molecule has 1 heterocycles. The van der Waals surface area contributed by atoms with E-state index in [-0.39, 0.29) is 5.75 Å². The number of benzene rings is 2. The number of nitro benzene ring substituents is 1. The van der Waals surface area contributed by atoms with Crippen LogP contribution in [0.15, 0.2) is 36.4 Å². The molecule has 1 N–H and O–H groups in total. The van der Waals surface area contributed by atoms with Crippen LogP contribution in [-0.2, 0) is 4.79 Å². The highest BCUT2D eigenvalue weighted by atomic mass is 19.1. The molecule has 1 atom stereocenters. The maximum Gasteiger partial charge on any atom is 0.311 e. The van der Waals surface area contributed by atoms with Crippen molar-refractivity contribution in [3.05, 3.63) is 52.3 Å². The van der Waals surface area contributed by atoms with E-state index in [9.17, 15) is 19.3 Å². The van der Waals surface area contributed by atoms with Gasteiger partial charge in [-0.3, -0.25) is 14.9 Å². The van der Waals surface area contributed by atoms with Crippen molar-refractivity contribution in [2.24, 2.45) is 0 Å². The number of ether oxygens (including phenoxy) is 3. The summed E-state index contributed by atoms with van der Waals surface area (Å²) in [5.74, 6) is -0.498. The molecule has 8 nitrogen and oxygen atoms in total. The fraction of sp³-hybridized carbons (Fsp3) is 0.235. The highest BCUT2D eigenvalue weighted by molar-refractivity contribution is 5.94. The van der Waals surface area contributed by atoms with Gasteiger partial charge in [0.05, 0.1) is 4.92 Å². The van der Waals surface area contributed by atoms with Crippen LogP contribution in [0.5, 0.6) is 17.2 Å². The van der Waals surface area contributed by atoms with Gasteiger partial charge in [0.25, 0.3) is 5.91 Å². The van der Waals surface area contributed by atoms with Crippen molar-refractivity contribution in [2.45, 2.75) is 13.0 Å². The van der Waals surface area contributed by atoms with Gasteiger partial charge < -0.3 is 19.5 Å². The second-order valence-electron chi connectivity index (χ2n) is 5.48. The Balaban J connectivity index is 1.71. The molecule has 0 bridgehead atoms. The van der Waals surface area contributed by atoms with Crippen LogP contribution in [0.25, 0.3) is 0 Å². The van der Waals surface area contributed by atoms with Gasteiger partial charge in [-0.1, -0.05) is 0 Å². The van der Waals surface area contributed by atoms with Crippen LogP contribution in [0.2, 0.25) is 0 Å². The van der Waals surface area contributed by atoms with Crippen LogP contribution in [0.1, 0.15) is 6.92 Å². The Morgan fingerprint density at radius 3 is 2.69 bits per heavy atom. The standard InChI is InChI=1S/C17H15FN2O6/c1-10(26-15-8-11(18)2-4-13(15)20(22)23)17(21)19-12-3-5-14-16(9-12)25-7-6-24-14/h2-5,8-10H,6-7H2,1H3,(H,19,21). The molecule has 1 amide bonds. The topological polar surface area (TPSA) is 99.9 Å². The fourth-order valence-corrected chi connectivity index (χ4v) is 2.34. The van der Waals surface area contributed by atoms with Gasteiger partial charge in [0.2, 0.25) is 5.75 Å². The van der Waals surface area contributed by atoms with Gasteiger partial charge in [-0.15, -0.1) is 0 Å². The summed E-state index contributed by atoms with van der Waals surface area (Å²) in [5.41, 5.74) is 0.0221. The number of nitrogens with zero attached hydrogens (tertiary/aromatic N) is 1. The summed E-state index contributed by atoms with van der Waals surface area (Å²) in [5, 5.41) is 13.6. The molecule has 0 aliphatic carbocycles. The van der Waals surface area contributed by atoms with Gasteiger partial charge in [-0.05, 0) is 25.1 Å². The average molecular weight is 362 g/mol. The van der Waals surface area contributed by atoms with E-state index in [1.165, 1.54) is 6.92 Å². The third kappa shape index (κ3) is 3.82. The molecular formula is C17H15FN2O6. The first-order valence-corrected chi connectivity index (χ1v) is 7.75. The molecule has 0 aromatic heterocycles. The zero-order chi connectivity index (χ0) is 18.7. The lowest BCUT2D eigenvalue weighted by Crippen LogP contribution is -2.30. The van der Waals surface area contributed by atoms with E-state index in [1.807, 2.05) is 0 Å². The number of fused-ring (bicyclic) bond motifs is 1. The predicted molar refractivity (Wildman–Crippen MR) is 89.2 cm³/mol. The summed E-state index contributed by atoms with van der Waals surface area (Å²) in [6.07, 6.45) is -1.09. The van der Waals surface area contributed by atoms with E-state index in [2.05, 4.69) is 5.32 Å². The number of hydrogen-bond acceptors (Lipinski definition) is 6. The minimum atomic E-state index is -1.09. The van der Waals surface area contributed by atoms with Crippen LogP contribution in [0.3, 0.4) is 0 Å². The summed E-state index contributed by atoms with van der Waals surface area (Å²) < 4.78 is 29.5. The quantitative estimate of drug-likeness (QED) is 0.648. The Kier molecular flexibility index (Phi) is 4.87. The molecule has 1 aliphatic heterocycles. The van der Waals surface area contributed by atoms with Crippen molar-refractivity contribution in [1.29, 1.82) is 0 Å². The van der Waals surface area contributed by atoms with Crippen LogP contribution >= 0.6 is 0 Å². The third-order valence-corrected chi connectivity index (χ3v) is 3.60. The van der Waals surface area contributed by atoms with E-state index < -0.39 is 28.4 Å². The molecule has 2 aromatic carbocycles. The molecule has 0 saturated heterocycles. The van der Waals surface area contributed by atoms with Crippen molar-refractivity contribution >= 4 is 17.3 Å². The van der Waals surface area contributed by atoms with Gasteiger partial charge in [0.15, 0.2) is 17.6 Å². The lowest BCUT2D eigenvalue weighted by atomic mass is 10.2. The number of carbonyl (C=O) groups is 1. The first kappa shape index (κ1) is 17.5. The molecule has 0 spiro atoms. The molecule has 1 aliphatic rings. The number of halogens is 1. The number of amides is 1. The molecule has 26 heavy (non-hydrogen) atoms. The molecule has 2 aromatic rings. The van der Waals surface area contributed by atoms with E-state index in [0.717, 1.165) is 18.2 Å². The molecule has 0 saturated carbocycles. The zero-order valence-corrected chi connectivity index (χ0v) is 13.7. The molecule has 3 rings (SSSR count). The van der Waals surface area contributed by atoms with Crippen molar-refractivity contribution in [3.63, 3.8) is 0 Å². The largest absolute Gasteiger partial charge is 0.486 e. The second kappa shape index (κ2) is 7.26. The number of hydrogen-bond donors (Lipinski definition) is 1. The van der Waals surface area contributed by atoms with E-state index in [1.54, 1.807) is 18.2 Å². The molecule has 136 valence electrons. The SMILES string of the molecule is CC(Oc1cc(F)ccc1[N+](=O)[O-])C(=O)Nc1ccc2c(c1)OCCO2. The van der Waals surface area contributed by atoms with E-state index in [0.29, 0.717) is 30.4 Å². The fourth-order valence-electron chi connectivity index (χ4n) is 2.34. The van der Waals surface area contributed by atoms with Crippen molar-refractivity contribution < 1.29 is 28.3 Å². The van der Waals surface area contributed by atoms with Crippen molar-refractivity contribution in [1.82, 2.24) is 0 Å². The lowest BCUT2D eigenvalue weighted by molar-refractivity contribution is -0.386. The Bertz CT molecular complexity index is 857. The van der Waals surface area contributed by atoms with Crippen LogP contribution < -0.4 is 19.5 Å². The second-order valence-corrected chi connectivity index (χ2v) is 5.48. The minimum absolute atomic E-state index is 0.320. The number of nitrogens with one attached hydrogen (secondary N) is 1. The monoisotopic (exact) mass is 362 g/mol. The predicted octanol–water partition coefficient (Wildman–Crippen LogP) is 2.91. The maximum absolute atomic E-state index is 13.3. The zero-order valence-electron chi connectivity index (χ0n) is 13.7. The molecule has 1 unspecified atom stereocenters. The van der Waals surface area contributed by atoms with Gasteiger partial charge in [0, 0.05) is 23.9 Å². The Labute approximate surface area is 147 Å². The third-order valence-electron chi connectivity index (χ3n) is 3.60. The van der Waals surface area contributed by atoms with Crippen LogP contribution in [0.4, 0.5) is 15.8 Å². The molecule has 0 radical (unpaired) electrons. The smallest absolute Gasteiger partial charge is 0.311 e.